The van der Waals surface area contributed by atoms with Crippen LogP contribution in [0.15, 0.2) is 77.7 Å². The largest absolute Gasteiger partial charge is 0.478 e. The summed E-state index contributed by atoms with van der Waals surface area (Å²) in [4.78, 5) is 22.9. The highest BCUT2D eigenvalue weighted by atomic mass is 32.2. The smallest absolute Gasteiger partial charge is 0.339 e. The Bertz CT molecular complexity index is 1420. The van der Waals surface area contributed by atoms with Gasteiger partial charge < -0.3 is 14.4 Å². The van der Waals surface area contributed by atoms with Crippen molar-refractivity contribution in [3.05, 3.63) is 83.9 Å². The molecule has 0 saturated carbocycles. The third kappa shape index (κ3) is 3.33. The summed E-state index contributed by atoms with van der Waals surface area (Å²) in [6.07, 6.45) is 0. The maximum Gasteiger partial charge on any atom is 0.339 e. The lowest BCUT2D eigenvalue weighted by Gasteiger charge is -2.13. The highest BCUT2D eigenvalue weighted by Crippen LogP contribution is 2.32. The first-order valence-corrected chi connectivity index (χ1v) is 10.1. The minimum Gasteiger partial charge on any atom is -0.478 e. The van der Waals surface area contributed by atoms with Gasteiger partial charge in [-0.2, -0.15) is 8.42 Å². The second-order valence-corrected chi connectivity index (χ2v) is 8.01. The van der Waals surface area contributed by atoms with Gasteiger partial charge in [0.15, 0.2) is 0 Å². The van der Waals surface area contributed by atoms with Gasteiger partial charge in [0.05, 0.1) is 11.1 Å². The maximum atomic E-state index is 13.0. The number of benzene rings is 4. The molecule has 2 N–H and O–H groups in total. The molecule has 0 spiro atoms. The second-order valence-electron chi connectivity index (χ2n) is 6.50. The monoisotopic (exact) mass is 422 g/mol. The highest BCUT2D eigenvalue weighted by molar-refractivity contribution is 7.87. The van der Waals surface area contributed by atoms with Crippen molar-refractivity contribution in [2.24, 2.45) is 0 Å². The van der Waals surface area contributed by atoms with Crippen molar-refractivity contribution in [1.82, 2.24) is 0 Å². The Balaban J connectivity index is 1.89. The van der Waals surface area contributed by atoms with Crippen LogP contribution < -0.4 is 4.18 Å². The fourth-order valence-corrected chi connectivity index (χ4v) is 4.47. The first-order valence-electron chi connectivity index (χ1n) is 8.73. The molecule has 0 aliphatic heterocycles. The third-order valence-electron chi connectivity index (χ3n) is 4.66. The number of aromatic carboxylic acids is 2. The van der Waals surface area contributed by atoms with Crippen LogP contribution in [0.1, 0.15) is 20.7 Å². The lowest BCUT2D eigenvalue weighted by Crippen LogP contribution is -2.12. The first kappa shape index (κ1) is 19.4. The number of fused-ring (bicyclic) bond motifs is 2. The molecule has 0 saturated heterocycles. The van der Waals surface area contributed by atoms with Crippen molar-refractivity contribution in [2.45, 2.75) is 4.90 Å². The van der Waals surface area contributed by atoms with E-state index in [9.17, 15) is 28.2 Å². The molecule has 4 aromatic rings. The van der Waals surface area contributed by atoms with Gasteiger partial charge in [-0.05, 0) is 41.1 Å². The highest BCUT2D eigenvalue weighted by Gasteiger charge is 2.25. The molecule has 4 aromatic carbocycles. The van der Waals surface area contributed by atoms with E-state index in [1.807, 2.05) is 24.3 Å². The van der Waals surface area contributed by atoms with E-state index in [0.717, 1.165) is 22.9 Å². The fourth-order valence-electron chi connectivity index (χ4n) is 3.35. The molecule has 8 heteroatoms. The van der Waals surface area contributed by atoms with Gasteiger partial charge in [-0.25, -0.2) is 9.59 Å². The van der Waals surface area contributed by atoms with E-state index in [1.54, 1.807) is 12.1 Å². The Kier molecular flexibility index (Phi) is 4.63. The molecule has 0 bridgehead atoms. The van der Waals surface area contributed by atoms with Gasteiger partial charge in [0.2, 0.25) is 0 Å². The van der Waals surface area contributed by atoms with E-state index in [-0.39, 0.29) is 32.5 Å². The van der Waals surface area contributed by atoms with Crippen molar-refractivity contribution in [2.75, 3.05) is 0 Å². The number of hydrogen-bond donors (Lipinski definition) is 2. The van der Waals surface area contributed by atoms with Crippen LogP contribution in [-0.2, 0) is 10.1 Å². The van der Waals surface area contributed by atoms with E-state index >= 15 is 0 Å². The van der Waals surface area contributed by atoms with Gasteiger partial charge in [-0.3, -0.25) is 0 Å². The van der Waals surface area contributed by atoms with Crippen LogP contribution in [0.25, 0.3) is 21.5 Å². The van der Waals surface area contributed by atoms with Gasteiger partial charge in [0.1, 0.15) is 10.6 Å². The lowest BCUT2D eigenvalue weighted by molar-refractivity contribution is 0.0695. The molecule has 0 atom stereocenters. The fraction of sp³-hybridized carbons (Fsp3) is 0. The van der Waals surface area contributed by atoms with Crippen molar-refractivity contribution in [3.8, 4) is 5.75 Å². The Labute approximate surface area is 170 Å². The second kappa shape index (κ2) is 7.16. The standard InChI is InChI=1S/C22H14O7S/c23-21(24)17-7-3-6-16-19(11-10-18(20(16)17)22(25)26)30(27,28)29-15-9-8-13-4-1-2-5-14(13)12-15/h1-12H,(H,23,24)(H,25,26). The lowest BCUT2D eigenvalue weighted by atomic mass is 9.99. The molecule has 0 aliphatic rings. The topological polar surface area (TPSA) is 118 Å². The molecule has 7 nitrogen and oxygen atoms in total. The van der Waals surface area contributed by atoms with Gasteiger partial charge in [0.25, 0.3) is 0 Å². The quantitative estimate of drug-likeness (QED) is 0.464. The summed E-state index contributed by atoms with van der Waals surface area (Å²) in [5, 5.41) is 20.4. The molecular weight excluding hydrogens is 408 g/mol. The van der Waals surface area contributed by atoms with E-state index in [2.05, 4.69) is 0 Å². The summed E-state index contributed by atoms with van der Waals surface area (Å²) in [5.74, 6) is -2.65. The first-order chi connectivity index (χ1) is 14.3. The van der Waals surface area contributed by atoms with Crippen molar-refractivity contribution < 1.29 is 32.4 Å². The molecule has 0 amide bonds. The Morgan fingerprint density at radius 1 is 0.733 bits per heavy atom. The molecule has 0 radical (unpaired) electrons. The molecular formula is C22H14O7S. The number of carboxylic acid groups (broad SMARTS) is 2. The zero-order chi connectivity index (χ0) is 21.5. The predicted octanol–water partition coefficient (Wildman–Crippen LogP) is 4.16. The average Bonchev–Trinajstić information content (AvgIpc) is 2.71. The minimum absolute atomic E-state index is 0.0458. The van der Waals surface area contributed by atoms with Crippen LogP contribution in [0.2, 0.25) is 0 Å². The van der Waals surface area contributed by atoms with Crippen LogP contribution in [0.4, 0.5) is 0 Å². The molecule has 0 fully saturated rings. The molecule has 4 rings (SSSR count). The van der Waals surface area contributed by atoms with Crippen LogP contribution >= 0.6 is 0 Å². The summed E-state index contributed by atoms with van der Waals surface area (Å²) in [7, 11) is -4.38. The van der Waals surface area contributed by atoms with Gasteiger partial charge >= 0.3 is 22.1 Å². The SMILES string of the molecule is O=C(O)c1cccc2c(S(=O)(=O)Oc3ccc4ccccc4c3)ccc(C(=O)O)c12. The summed E-state index contributed by atoms with van der Waals surface area (Å²) >= 11 is 0. The van der Waals surface area contributed by atoms with Crippen LogP contribution in [0.5, 0.6) is 5.75 Å². The van der Waals surface area contributed by atoms with Crippen LogP contribution in [-0.4, -0.2) is 30.6 Å². The summed E-state index contributed by atoms with van der Waals surface area (Å²) in [5.41, 5.74) is -0.625. The maximum absolute atomic E-state index is 13.0. The molecule has 30 heavy (non-hydrogen) atoms. The minimum atomic E-state index is -4.38. The molecule has 0 aromatic heterocycles. The Hall–Kier alpha value is -3.91. The van der Waals surface area contributed by atoms with Crippen molar-refractivity contribution in [3.63, 3.8) is 0 Å². The van der Waals surface area contributed by atoms with E-state index < -0.39 is 22.1 Å². The normalized spacial score (nSPS) is 11.5. The zero-order valence-corrected chi connectivity index (χ0v) is 16.1. The molecule has 0 heterocycles. The van der Waals surface area contributed by atoms with Gasteiger partial charge in [-0.1, -0.05) is 42.5 Å². The van der Waals surface area contributed by atoms with E-state index in [1.165, 1.54) is 24.3 Å². The van der Waals surface area contributed by atoms with Crippen LogP contribution in [0.3, 0.4) is 0 Å². The summed E-state index contributed by atoms with van der Waals surface area (Å²) < 4.78 is 31.3. The van der Waals surface area contributed by atoms with Crippen molar-refractivity contribution >= 4 is 43.6 Å². The molecule has 0 aliphatic carbocycles. The zero-order valence-electron chi connectivity index (χ0n) is 15.3. The number of rotatable bonds is 5. The number of carbonyl (C=O) groups is 2. The van der Waals surface area contributed by atoms with Crippen molar-refractivity contribution in [1.29, 1.82) is 0 Å². The number of carboxylic acids is 2. The molecule has 0 unspecified atom stereocenters. The predicted molar refractivity (Wildman–Crippen MR) is 110 cm³/mol. The van der Waals surface area contributed by atoms with Gasteiger partial charge in [-0.15, -0.1) is 0 Å². The Morgan fingerprint density at radius 3 is 2.10 bits per heavy atom. The Morgan fingerprint density at radius 2 is 1.40 bits per heavy atom. The summed E-state index contributed by atoms with van der Waals surface area (Å²) in [6.45, 7) is 0. The number of hydrogen-bond acceptors (Lipinski definition) is 5. The average molecular weight is 422 g/mol. The molecule has 150 valence electrons. The third-order valence-corrected chi connectivity index (χ3v) is 5.96. The van der Waals surface area contributed by atoms with E-state index in [4.69, 9.17) is 4.18 Å². The van der Waals surface area contributed by atoms with Gasteiger partial charge in [0, 0.05) is 10.8 Å². The van der Waals surface area contributed by atoms with Crippen LogP contribution in [0, 0.1) is 0 Å². The van der Waals surface area contributed by atoms with E-state index in [0.29, 0.717) is 0 Å². The summed E-state index contributed by atoms with van der Waals surface area (Å²) in [6, 6.07) is 18.2.